The molecule has 0 saturated carbocycles. The van der Waals surface area contributed by atoms with E-state index in [2.05, 4.69) is 95.2 Å². The van der Waals surface area contributed by atoms with Crippen LogP contribution in [0.4, 0.5) is 0 Å². The molecule has 2 nitrogen and oxygen atoms in total. The molecule has 3 rings (SSSR count). The van der Waals surface area contributed by atoms with E-state index in [0.29, 0.717) is 23.3 Å². The van der Waals surface area contributed by atoms with Gasteiger partial charge in [0.25, 0.3) is 0 Å². The quantitative estimate of drug-likeness (QED) is 0.259. The van der Waals surface area contributed by atoms with Gasteiger partial charge in [-0.3, -0.25) is 0 Å². The Morgan fingerprint density at radius 2 is 1.16 bits per heavy atom. The van der Waals surface area contributed by atoms with Gasteiger partial charge in [-0.15, -0.1) is 34.0 Å². The molecular formula is C32H48O2S3. The molecule has 0 bridgehead atoms. The first-order valence-electron chi connectivity index (χ1n) is 13.7. The second kappa shape index (κ2) is 10.4. The minimum absolute atomic E-state index is 0.170. The molecule has 3 heterocycles. The van der Waals surface area contributed by atoms with Crippen LogP contribution in [0.15, 0.2) is 24.3 Å². The lowest BCUT2D eigenvalue weighted by atomic mass is 9.63. The molecular weight excluding hydrogens is 513 g/mol. The Bertz CT molecular complexity index is 1220. The summed E-state index contributed by atoms with van der Waals surface area (Å²) in [6.07, 6.45) is 2.01. The zero-order valence-corrected chi connectivity index (χ0v) is 27.4. The summed E-state index contributed by atoms with van der Waals surface area (Å²) in [6, 6.07) is 8.56. The highest BCUT2D eigenvalue weighted by Gasteiger charge is 2.48. The van der Waals surface area contributed by atoms with Crippen molar-refractivity contribution < 1.29 is 10.2 Å². The van der Waals surface area contributed by atoms with Crippen molar-refractivity contribution in [3.8, 4) is 11.5 Å². The third kappa shape index (κ3) is 4.94. The molecule has 0 spiro atoms. The zero-order chi connectivity index (χ0) is 28.1. The first kappa shape index (κ1) is 30.2. The summed E-state index contributed by atoms with van der Waals surface area (Å²) in [4.78, 5) is 7.34. The molecule has 37 heavy (non-hydrogen) atoms. The molecule has 2 atom stereocenters. The molecule has 0 radical (unpaired) electrons. The molecule has 2 unspecified atom stereocenters. The summed E-state index contributed by atoms with van der Waals surface area (Å²) in [5.41, 5.74) is -0.796. The Morgan fingerprint density at radius 3 is 1.65 bits per heavy atom. The first-order valence-corrected chi connectivity index (χ1v) is 16.2. The smallest absolute Gasteiger partial charge is 0.130 e. The Labute approximate surface area is 237 Å². The number of aromatic hydroxyl groups is 2. The van der Waals surface area contributed by atoms with Crippen LogP contribution in [0, 0.1) is 0 Å². The predicted molar refractivity (Wildman–Crippen MR) is 166 cm³/mol. The molecule has 2 N–H and O–H groups in total. The minimum atomic E-state index is -0.244. The number of thiophene rings is 3. The lowest BCUT2D eigenvalue weighted by Crippen LogP contribution is -2.41. The van der Waals surface area contributed by atoms with E-state index in [1.54, 1.807) is 22.7 Å². The average Bonchev–Trinajstić information content (AvgIpc) is 3.56. The van der Waals surface area contributed by atoms with Gasteiger partial charge in [0.05, 0.1) is 9.75 Å². The van der Waals surface area contributed by atoms with Crippen molar-refractivity contribution in [2.45, 2.75) is 129 Å². The van der Waals surface area contributed by atoms with E-state index in [-0.39, 0.29) is 21.7 Å². The van der Waals surface area contributed by atoms with E-state index in [0.717, 1.165) is 22.6 Å². The van der Waals surface area contributed by atoms with Crippen molar-refractivity contribution in [2.24, 2.45) is 0 Å². The summed E-state index contributed by atoms with van der Waals surface area (Å²) in [7, 11) is 0. The van der Waals surface area contributed by atoms with Crippen LogP contribution in [0.5, 0.6) is 11.5 Å². The summed E-state index contributed by atoms with van der Waals surface area (Å²) in [5.74, 6) is 1.73. The van der Waals surface area contributed by atoms with Gasteiger partial charge >= 0.3 is 0 Å². The second-order valence-corrected chi connectivity index (χ2v) is 16.2. The first-order chi connectivity index (χ1) is 16.9. The van der Waals surface area contributed by atoms with Gasteiger partial charge in [0.2, 0.25) is 0 Å². The molecule has 3 aromatic rings. The van der Waals surface area contributed by atoms with E-state index in [9.17, 15) is 10.2 Å². The Balaban J connectivity index is 2.04. The van der Waals surface area contributed by atoms with Crippen molar-refractivity contribution in [1.82, 2.24) is 0 Å². The fraction of sp³-hybridized carbons (Fsp3) is 0.625. The zero-order valence-electron chi connectivity index (χ0n) is 25.0. The molecule has 0 amide bonds. The lowest BCUT2D eigenvalue weighted by Gasteiger charge is -2.44. The van der Waals surface area contributed by atoms with Crippen molar-refractivity contribution in [3.05, 3.63) is 53.5 Å². The Hall–Kier alpha value is -1.30. The van der Waals surface area contributed by atoms with Crippen LogP contribution in [0.3, 0.4) is 0 Å². The monoisotopic (exact) mass is 560 g/mol. The molecule has 206 valence electrons. The van der Waals surface area contributed by atoms with Crippen molar-refractivity contribution in [3.63, 3.8) is 0 Å². The fourth-order valence-corrected chi connectivity index (χ4v) is 9.51. The van der Waals surface area contributed by atoms with Crippen LogP contribution in [0.2, 0.25) is 0 Å². The summed E-state index contributed by atoms with van der Waals surface area (Å²) < 4.78 is 0. The molecule has 0 aromatic carbocycles. The van der Waals surface area contributed by atoms with Gasteiger partial charge in [-0.05, 0) is 48.9 Å². The van der Waals surface area contributed by atoms with E-state index in [1.165, 1.54) is 19.5 Å². The van der Waals surface area contributed by atoms with Crippen LogP contribution in [0.1, 0.15) is 137 Å². The van der Waals surface area contributed by atoms with Crippen LogP contribution < -0.4 is 0 Å². The SMILES string of the molecule is CCC(C)c1cc(O)c(C(C)(C)C(C)(C)c2ccc(C(C)(C)C(C)(CC)c3sc(C(C)C)cc3O)s2)s1. The maximum absolute atomic E-state index is 11.0. The highest BCUT2D eigenvalue weighted by atomic mass is 32.1. The largest absolute Gasteiger partial charge is 0.507 e. The van der Waals surface area contributed by atoms with Crippen molar-refractivity contribution in [2.75, 3.05) is 0 Å². The van der Waals surface area contributed by atoms with Gasteiger partial charge in [-0.2, -0.15) is 0 Å². The van der Waals surface area contributed by atoms with Gasteiger partial charge in [-0.1, -0.05) is 83.1 Å². The van der Waals surface area contributed by atoms with Crippen molar-refractivity contribution in [1.29, 1.82) is 0 Å². The standard InChI is InChI=1S/C32H48O2S3/c1-13-20(5)24-18-21(33)27(36-24)31(10,11)29(6,7)25-15-16-26(37-25)30(8,9)32(12,14-2)28-22(34)17-23(35-28)19(3)4/h15-20,33-34H,13-14H2,1-12H3. The van der Waals surface area contributed by atoms with Gasteiger partial charge in [0, 0.05) is 41.2 Å². The summed E-state index contributed by atoms with van der Waals surface area (Å²) in [6.45, 7) is 27.2. The molecule has 0 aliphatic heterocycles. The molecule has 3 aromatic heterocycles. The highest BCUT2D eigenvalue weighted by Crippen LogP contribution is 2.56. The fourth-order valence-electron chi connectivity index (χ4n) is 5.13. The van der Waals surface area contributed by atoms with Crippen LogP contribution >= 0.6 is 34.0 Å². The molecule has 0 fully saturated rings. The normalized spacial score (nSPS) is 15.8. The predicted octanol–water partition coefficient (Wildman–Crippen LogP) is 10.8. The topological polar surface area (TPSA) is 40.5 Å². The molecule has 0 aliphatic carbocycles. The van der Waals surface area contributed by atoms with Crippen LogP contribution in [0.25, 0.3) is 0 Å². The van der Waals surface area contributed by atoms with E-state index < -0.39 is 0 Å². The lowest BCUT2D eigenvalue weighted by molar-refractivity contribution is 0.268. The molecule has 0 saturated heterocycles. The summed E-state index contributed by atoms with van der Waals surface area (Å²) in [5, 5.41) is 22.0. The average molecular weight is 561 g/mol. The number of hydrogen-bond donors (Lipinski definition) is 2. The second-order valence-electron chi connectivity index (χ2n) is 12.9. The van der Waals surface area contributed by atoms with Crippen LogP contribution in [-0.2, 0) is 21.7 Å². The highest BCUT2D eigenvalue weighted by molar-refractivity contribution is 7.13. The van der Waals surface area contributed by atoms with Gasteiger partial charge in [-0.25, -0.2) is 0 Å². The third-order valence-electron chi connectivity index (χ3n) is 9.69. The third-order valence-corrected chi connectivity index (χ3v) is 14.8. The number of hydrogen-bond acceptors (Lipinski definition) is 5. The van der Waals surface area contributed by atoms with Crippen molar-refractivity contribution >= 4 is 34.0 Å². The Kier molecular flexibility index (Phi) is 8.46. The van der Waals surface area contributed by atoms with E-state index >= 15 is 0 Å². The van der Waals surface area contributed by atoms with Gasteiger partial charge in [0.1, 0.15) is 11.5 Å². The Morgan fingerprint density at radius 1 is 0.676 bits per heavy atom. The van der Waals surface area contributed by atoms with E-state index in [4.69, 9.17) is 0 Å². The molecule has 0 aliphatic rings. The van der Waals surface area contributed by atoms with Gasteiger partial charge < -0.3 is 10.2 Å². The molecule has 5 heteroatoms. The summed E-state index contributed by atoms with van der Waals surface area (Å²) >= 11 is 5.44. The minimum Gasteiger partial charge on any atom is -0.507 e. The maximum Gasteiger partial charge on any atom is 0.130 e. The van der Waals surface area contributed by atoms with Crippen LogP contribution in [-0.4, -0.2) is 10.2 Å². The number of rotatable bonds is 10. The van der Waals surface area contributed by atoms with E-state index in [1.807, 2.05) is 23.5 Å². The maximum atomic E-state index is 11.0. The van der Waals surface area contributed by atoms with Gasteiger partial charge in [0.15, 0.2) is 0 Å².